The molecule has 10 nitrogen and oxygen atoms in total. The Kier molecular flexibility index (Phi) is 7.56. The minimum absolute atomic E-state index is 0.265. The Morgan fingerprint density at radius 1 is 0.872 bits per heavy atom. The Bertz CT molecular complexity index is 1480. The van der Waals surface area contributed by atoms with Crippen molar-refractivity contribution in [2.45, 2.75) is 30.7 Å². The molecule has 5 atom stereocenters. The summed E-state index contributed by atoms with van der Waals surface area (Å²) in [6.45, 7) is -0.573. The van der Waals surface area contributed by atoms with Crippen molar-refractivity contribution < 1.29 is 44.2 Å². The third kappa shape index (κ3) is 4.84. The number of hydrogen-bond acceptors (Lipinski definition) is 9. The van der Waals surface area contributed by atoms with Crippen LogP contribution in [0.4, 0.5) is 0 Å². The summed E-state index contributed by atoms with van der Waals surface area (Å²) < 4.78 is 24.0. The molecule has 3 aromatic carbocycles. The van der Waals surface area contributed by atoms with E-state index in [-0.39, 0.29) is 5.78 Å². The highest BCUT2D eigenvalue weighted by atomic mass is 16.7. The molecule has 1 aliphatic heterocycles. The zero-order valence-electron chi connectivity index (χ0n) is 21.3. The molecule has 1 saturated heterocycles. The first-order valence-electron chi connectivity index (χ1n) is 12.3. The number of aliphatic hydroxyl groups is 4. The van der Waals surface area contributed by atoms with Crippen LogP contribution in [-0.4, -0.2) is 82.3 Å². The molecule has 1 aliphatic rings. The van der Waals surface area contributed by atoms with Crippen LogP contribution < -0.4 is 14.2 Å². The summed E-state index contributed by atoms with van der Waals surface area (Å²) in [5.74, 6) is 0.972. The number of aliphatic hydroxyl groups excluding tert-OH is 4. The zero-order valence-corrected chi connectivity index (χ0v) is 21.3. The summed E-state index contributed by atoms with van der Waals surface area (Å²) in [4.78, 5) is 13.8. The maximum absolute atomic E-state index is 13.8. The average Bonchev–Trinajstić information content (AvgIpc) is 3.34. The van der Waals surface area contributed by atoms with Crippen LogP contribution in [0.3, 0.4) is 0 Å². The molecule has 204 valence electrons. The van der Waals surface area contributed by atoms with E-state index in [1.165, 1.54) is 14.2 Å². The van der Waals surface area contributed by atoms with E-state index in [2.05, 4.69) is 0 Å². The molecule has 2 heterocycles. The van der Waals surface area contributed by atoms with E-state index >= 15 is 0 Å². The van der Waals surface area contributed by atoms with Crippen molar-refractivity contribution in [3.63, 3.8) is 0 Å². The van der Waals surface area contributed by atoms with Crippen molar-refractivity contribution in [2.75, 3.05) is 20.8 Å². The first-order chi connectivity index (χ1) is 18.9. The second-order valence-electron chi connectivity index (χ2n) is 9.11. The van der Waals surface area contributed by atoms with Gasteiger partial charge in [0.1, 0.15) is 41.7 Å². The van der Waals surface area contributed by atoms with Crippen LogP contribution in [0.1, 0.15) is 15.9 Å². The van der Waals surface area contributed by atoms with E-state index in [4.69, 9.17) is 18.9 Å². The number of rotatable bonds is 8. The van der Waals surface area contributed by atoms with Crippen LogP contribution in [0.15, 0.2) is 72.9 Å². The molecule has 1 fully saturated rings. The number of benzene rings is 3. The lowest BCUT2D eigenvalue weighted by molar-refractivity contribution is -0.277. The van der Waals surface area contributed by atoms with Crippen LogP contribution >= 0.6 is 0 Å². The van der Waals surface area contributed by atoms with Gasteiger partial charge >= 0.3 is 0 Å². The first kappa shape index (κ1) is 26.7. The third-order valence-electron chi connectivity index (χ3n) is 6.83. The third-order valence-corrected chi connectivity index (χ3v) is 6.83. The molecule has 10 heteroatoms. The maximum Gasteiger partial charge on any atom is 0.229 e. The highest BCUT2D eigenvalue weighted by Gasteiger charge is 2.45. The molecule has 0 unspecified atom stereocenters. The fourth-order valence-corrected chi connectivity index (χ4v) is 4.74. The predicted octanol–water partition coefficient (Wildman–Crippen LogP) is 2.06. The Balaban J connectivity index is 1.56. The molecular weight excluding hydrogens is 506 g/mol. The Hall–Kier alpha value is -3.93. The van der Waals surface area contributed by atoms with Gasteiger partial charge in [-0.3, -0.25) is 4.79 Å². The van der Waals surface area contributed by atoms with Gasteiger partial charge in [0.05, 0.1) is 43.8 Å². The monoisotopic (exact) mass is 535 g/mol. The number of ether oxygens (including phenoxy) is 4. The van der Waals surface area contributed by atoms with Gasteiger partial charge in [-0.05, 0) is 36.4 Å². The molecule has 0 amide bonds. The standard InChI is InChI=1S/C29H29NO9/c1-36-16-11-12-19(22(13-16)37-2)25(32)18-8-4-6-10-21(18)30-14-23(17-7-3-5-9-20(17)30)38-29-28(35)27(34)26(33)24(15-31)39-29/h3-14,24,26-29,31,33-35H,15H2,1-2H3/t24-,26+,27+,28-,29+/m1/s1. The smallest absolute Gasteiger partial charge is 0.229 e. The minimum Gasteiger partial charge on any atom is -0.497 e. The van der Waals surface area contributed by atoms with Crippen molar-refractivity contribution in [3.8, 4) is 22.9 Å². The molecule has 0 aliphatic carbocycles. The van der Waals surface area contributed by atoms with Crippen molar-refractivity contribution in [3.05, 3.63) is 84.1 Å². The SMILES string of the molecule is COc1ccc(C(=O)c2ccccc2-n2cc(O[C@H]3O[C@H](CO)[C@H](O)[C@H](O)[C@H]3O)c3ccccc32)c(OC)c1. The maximum atomic E-state index is 13.8. The summed E-state index contributed by atoms with van der Waals surface area (Å²) in [6.07, 6.45) is -5.46. The number of hydrogen-bond donors (Lipinski definition) is 4. The molecule has 39 heavy (non-hydrogen) atoms. The number of para-hydroxylation sites is 2. The highest BCUT2D eigenvalue weighted by Crippen LogP contribution is 2.35. The lowest BCUT2D eigenvalue weighted by Crippen LogP contribution is -2.60. The molecule has 0 radical (unpaired) electrons. The number of methoxy groups -OCH3 is 2. The van der Waals surface area contributed by atoms with E-state index in [9.17, 15) is 25.2 Å². The van der Waals surface area contributed by atoms with Crippen molar-refractivity contribution in [1.82, 2.24) is 4.57 Å². The summed E-state index contributed by atoms with van der Waals surface area (Å²) >= 11 is 0. The number of aromatic nitrogens is 1. The van der Waals surface area contributed by atoms with Crippen LogP contribution in [-0.2, 0) is 4.74 Å². The summed E-state index contributed by atoms with van der Waals surface area (Å²) in [5.41, 5.74) is 2.04. The molecule has 1 aromatic heterocycles. The van der Waals surface area contributed by atoms with Gasteiger partial charge < -0.3 is 43.9 Å². The van der Waals surface area contributed by atoms with E-state index < -0.39 is 37.3 Å². The van der Waals surface area contributed by atoms with Gasteiger partial charge in [0.15, 0.2) is 5.78 Å². The van der Waals surface area contributed by atoms with Crippen LogP contribution in [0, 0.1) is 0 Å². The molecule has 0 spiro atoms. The molecular formula is C29H29NO9. The molecule has 4 N–H and O–H groups in total. The van der Waals surface area contributed by atoms with Gasteiger partial charge in [-0.1, -0.05) is 24.3 Å². The van der Waals surface area contributed by atoms with Gasteiger partial charge in [0, 0.05) is 17.0 Å². The normalized spacial score (nSPS) is 23.0. The predicted molar refractivity (Wildman–Crippen MR) is 141 cm³/mol. The number of nitrogens with zero attached hydrogens (tertiary/aromatic N) is 1. The van der Waals surface area contributed by atoms with Crippen molar-refractivity contribution in [1.29, 1.82) is 0 Å². The van der Waals surface area contributed by atoms with Crippen LogP contribution in [0.25, 0.3) is 16.6 Å². The number of ketones is 1. The lowest BCUT2D eigenvalue weighted by atomic mass is 9.99. The van der Waals surface area contributed by atoms with E-state index in [1.54, 1.807) is 47.2 Å². The fourth-order valence-electron chi connectivity index (χ4n) is 4.74. The van der Waals surface area contributed by atoms with Gasteiger partial charge in [-0.15, -0.1) is 0 Å². The first-order valence-corrected chi connectivity index (χ1v) is 12.3. The highest BCUT2D eigenvalue weighted by molar-refractivity contribution is 6.13. The molecule has 4 aromatic rings. The molecule has 0 saturated carbocycles. The van der Waals surface area contributed by atoms with E-state index in [1.807, 2.05) is 30.3 Å². The Labute approximate surface area is 224 Å². The topological polar surface area (TPSA) is 140 Å². The van der Waals surface area contributed by atoms with Crippen molar-refractivity contribution in [2.24, 2.45) is 0 Å². The molecule has 0 bridgehead atoms. The Morgan fingerprint density at radius 2 is 1.62 bits per heavy atom. The van der Waals surface area contributed by atoms with Gasteiger partial charge in [0.2, 0.25) is 6.29 Å². The molecule has 5 rings (SSSR count). The zero-order chi connectivity index (χ0) is 27.7. The lowest BCUT2D eigenvalue weighted by Gasteiger charge is -2.39. The number of fused-ring (bicyclic) bond motifs is 1. The quantitative estimate of drug-likeness (QED) is 0.250. The van der Waals surface area contributed by atoms with E-state index in [0.29, 0.717) is 45.0 Å². The summed E-state index contributed by atoms with van der Waals surface area (Å²) in [5, 5.41) is 41.0. The van der Waals surface area contributed by atoms with Gasteiger partial charge in [-0.2, -0.15) is 0 Å². The largest absolute Gasteiger partial charge is 0.497 e. The Morgan fingerprint density at radius 3 is 2.36 bits per heavy atom. The van der Waals surface area contributed by atoms with Crippen LogP contribution in [0.2, 0.25) is 0 Å². The summed E-state index contributed by atoms with van der Waals surface area (Å²) in [6, 6.07) is 19.4. The second-order valence-corrected chi connectivity index (χ2v) is 9.11. The summed E-state index contributed by atoms with van der Waals surface area (Å²) in [7, 11) is 3.02. The van der Waals surface area contributed by atoms with E-state index in [0.717, 1.165) is 0 Å². The fraction of sp³-hybridized carbons (Fsp3) is 0.276. The second kappa shape index (κ2) is 11.0. The minimum atomic E-state index is -1.58. The number of carbonyl (C=O) groups is 1. The van der Waals surface area contributed by atoms with Gasteiger partial charge in [-0.25, -0.2) is 0 Å². The number of carbonyl (C=O) groups excluding carboxylic acids is 1. The van der Waals surface area contributed by atoms with Crippen LogP contribution in [0.5, 0.6) is 17.2 Å². The average molecular weight is 536 g/mol. The van der Waals surface area contributed by atoms with Gasteiger partial charge in [0.25, 0.3) is 0 Å². The van der Waals surface area contributed by atoms with Crippen molar-refractivity contribution >= 4 is 16.7 Å².